The second-order valence-electron chi connectivity index (χ2n) is 10.3. The van der Waals surface area contributed by atoms with Crippen molar-refractivity contribution in [3.8, 4) is 11.4 Å². The van der Waals surface area contributed by atoms with Gasteiger partial charge in [-0.2, -0.15) is 0 Å². The van der Waals surface area contributed by atoms with Gasteiger partial charge >= 0.3 is 16.5 Å². The number of rotatable bonds is 4. The van der Waals surface area contributed by atoms with Crippen LogP contribution in [0, 0.1) is 0 Å². The monoisotopic (exact) mass is 527 g/mol. The molecule has 2 aromatic heterocycles. The first-order valence-electron chi connectivity index (χ1n) is 13.7. The Bertz CT molecular complexity index is 2020. The summed E-state index contributed by atoms with van der Waals surface area (Å²) in [7, 11) is 0. The van der Waals surface area contributed by atoms with Gasteiger partial charge in [-0.1, -0.05) is 72.8 Å². The molecule has 0 saturated heterocycles. The van der Waals surface area contributed by atoms with Gasteiger partial charge in [0.25, 0.3) is 0 Å². The molecule has 0 atom stereocenters. The average molecular weight is 528 g/mol. The van der Waals surface area contributed by atoms with Crippen molar-refractivity contribution in [1.82, 2.24) is 9.13 Å². The average Bonchev–Trinajstić information content (AvgIpc) is 3.54. The van der Waals surface area contributed by atoms with Crippen molar-refractivity contribution in [2.24, 2.45) is 0 Å². The maximum absolute atomic E-state index is 2.43. The molecule has 188 valence electrons. The minimum atomic E-state index is 0.862. The summed E-state index contributed by atoms with van der Waals surface area (Å²) < 4.78 is 7.18. The highest BCUT2D eigenvalue weighted by Gasteiger charge is 2.16. The largest absolute Gasteiger partial charge is 0.441 e. The lowest BCUT2D eigenvalue weighted by molar-refractivity contribution is 1.18. The molecule has 0 aliphatic rings. The highest BCUT2D eigenvalue weighted by molar-refractivity contribution is 6.24. The molecule has 6 aromatic carbocycles. The summed E-state index contributed by atoms with van der Waals surface area (Å²) in [5.74, 6) is 0. The van der Waals surface area contributed by atoms with Gasteiger partial charge in [0.1, 0.15) is 0 Å². The van der Waals surface area contributed by atoms with E-state index in [1.807, 2.05) is 0 Å². The number of hydrogen-bond acceptors (Lipinski definition) is 1. The number of fused-ring (bicyclic) bond motifs is 6. The molecule has 0 N–H and O–H groups in total. The maximum atomic E-state index is 2.43. The third-order valence-corrected chi connectivity index (χ3v) is 9.15. The molecule has 0 saturated carbocycles. The molecule has 0 amide bonds. The zero-order valence-corrected chi connectivity index (χ0v) is 24.2. The fraction of sp³-hybridized carbons (Fsp3) is 0. The molecule has 0 aliphatic carbocycles. The number of aromatic nitrogens is 2. The second-order valence-corrected chi connectivity index (χ2v) is 11.2. The van der Waals surface area contributed by atoms with Gasteiger partial charge in [-0.05, 0) is 72.8 Å². The summed E-state index contributed by atoms with van der Waals surface area (Å²) in [4.78, 5) is 0. The quantitative estimate of drug-likeness (QED) is 0.209. The van der Waals surface area contributed by atoms with Crippen molar-refractivity contribution in [2.45, 2.75) is 0 Å². The predicted molar refractivity (Wildman–Crippen MR) is 172 cm³/mol. The van der Waals surface area contributed by atoms with Gasteiger partial charge in [0.05, 0.1) is 22.1 Å². The smallest absolute Gasteiger partial charge is 0.370 e. The first-order valence-corrected chi connectivity index (χ1v) is 14.6. The normalized spacial score (nSPS) is 11.6. The Kier molecular flexibility index (Phi) is 5.31. The Hall–Kier alpha value is -4.75. The van der Waals surface area contributed by atoms with E-state index in [1.54, 1.807) is 0 Å². The fourth-order valence-corrected chi connectivity index (χ4v) is 6.75. The van der Waals surface area contributed by atoms with Crippen molar-refractivity contribution in [3.05, 3.63) is 146 Å². The molecule has 2 heterocycles. The molecule has 0 bridgehead atoms. The molecular weight excluding hydrogens is 501 g/mol. The van der Waals surface area contributed by atoms with E-state index in [4.69, 9.17) is 0 Å². The Balaban J connectivity index is 1.29. The van der Waals surface area contributed by atoms with Crippen molar-refractivity contribution >= 4 is 71.5 Å². The number of benzene rings is 6. The third kappa shape index (κ3) is 3.51. The first-order chi connectivity index (χ1) is 19.8. The Labute approximate surface area is 240 Å². The summed E-state index contributed by atoms with van der Waals surface area (Å²) in [6.45, 7) is 0. The van der Waals surface area contributed by atoms with Crippen molar-refractivity contribution in [3.63, 3.8) is 0 Å². The summed E-state index contributed by atoms with van der Waals surface area (Å²) >= 11 is 0.862. The molecular formula is C36H26AlN3. The van der Waals surface area contributed by atoms with Crippen LogP contribution in [-0.4, -0.2) is 25.6 Å². The Morgan fingerprint density at radius 1 is 0.375 bits per heavy atom. The lowest BCUT2D eigenvalue weighted by Gasteiger charge is -2.22. The van der Waals surface area contributed by atoms with Crippen LogP contribution >= 0.6 is 0 Å². The first kappa shape index (κ1) is 23.2. The second kappa shape index (κ2) is 9.17. The van der Waals surface area contributed by atoms with E-state index < -0.39 is 0 Å². The van der Waals surface area contributed by atoms with Crippen LogP contribution in [0.2, 0.25) is 0 Å². The Morgan fingerprint density at radius 3 is 1.20 bits per heavy atom. The molecule has 8 aromatic rings. The summed E-state index contributed by atoms with van der Waals surface area (Å²) in [6.07, 6.45) is 0. The topological polar surface area (TPSA) is 13.1 Å². The third-order valence-electron chi connectivity index (χ3n) is 8.12. The van der Waals surface area contributed by atoms with Gasteiger partial charge in [0.15, 0.2) is 0 Å². The van der Waals surface area contributed by atoms with Gasteiger partial charge in [0, 0.05) is 44.3 Å². The minimum absolute atomic E-state index is 0.862. The molecule has 0 spiro atoms. The van der Waals surface area contributed by atoms with E-state index in [0.29, 0.717) is 0 Å². The highest BCUT2D eigenvalue weighted by Crippen LogP contribution is 2.38. The van der Waals surface area contributed by atoms with Crippen LogP contribution in [0.15, 0.2) is 146 Å². The summed E-state index contributed by atoms with van der Waals surface area (Å²) in [5.41, 5.74) is 9.74. The maximum Gasteiger partial charge on any atom is 0.370 e. The molecule has 40 heavy (non-hydrogen) atoms. The van der Waals surface area contributed by atoms with Gasteiger partial charge < -0.3 is 13.0 Å². The van der Waals surface area contributed by atoms with Gasteiger partial charge in [-0.15, -0.1) is 0 Å². The van der Waals surface area contributed by atoms with E-state index in [1.165, 1.54) is 66.4 Å². The molecule has 0 aliphatic heterocycles. The predicted octanol–water partition coefficient (Wildman–Crippen LogP) is 8.57. The van der Waals surface area contributed by atoms with Gasteiger partial charge in [-0.25, -0.2) is 0 Å². The standard InChI is InChI=1S/C36H24N3.Al.2H/c1-3-11-27(12-4-1)38-33-17-9-7-15-29(33)31-23-25(19-21-35(31)38)37-26-20-22-36-32(24-26)30-16-8-10-18-34(30)39(36)28-13-5-2-6-14-28;;;/h1-24H;;;/q-1;+1;;. The number of para-hydroxylation sites is 4. The van der Waals surface area contributed by atoms with Crippen LogP contribution in [0.4, 0.5) is 11.4 Å². The highest BCUT2D eigenvalue weighted by atomic mass is 27.1. The van der Waals surface area contributed by atoms with Crippen LogP contribution in [0.5, 0.6) is 0 Å². The lowest BCUT2D eigenvalue weighted by atomic mass is 10.1. The van der Waals surface area contributed by atoms with E-state index in [2.05, 4.69) is 159 Å². The number of anilines is 2. The summed E-state index contributed by atoms with van der Waals surface area (Å²) in [5, 5.41) is 5.11. The van der Waals surface area contributed by atoms with Crippen molar-refractivity contribution < 1.29 is 0 Å². The molecule has 0 unspecified atom stereocenters. The van der Waals surface area contributed by atoms with Crippen molar-refractivity contribution in [1.29, 1.82) is 0 Å². The zero-order valence-electron chi connectivity index (χ0n) is 22.2. The fourth-order valence-electron chi connectivity index (χ4n) is 6.20. The van der Waals surface area contributed by atoms with Crippen molar-refractivity contribution in [2.75, 3.05) is 3.88 Å². The van der Waals surface area contributed by atoms with Crippen LogP contribution in [0.25, 0.3) is 55.0 Å². The van der Waals surface area contributed by atoms with Crippen LogP contribution < -0.4 is 3.88 Å². The van der Waals surface area contributed by atoms with E-state index in [-0.39, 0.29) is 0 Å². The van der Waals surface area contributed by atoms with Crippen LogP contribution in [0.3, 0.4) is 0 Å². The lowest BCUT2D eigenvalue weighted by Crippen LogP contribution is -2.11. The van der Waals surface area contributed by atoms with E-state index >= 15 is 0 Å². The van der Waals surface area contributed by atoms with Gasteiger partial charge in [-0.3, -0.25) is 0 Å². The molecule has 4 heteroatoms. The number of nitrogens with zero attached hydrogens (tertiary/aromatic N) is 3. The molecule has 8 rings (SSSR count). The van der Waals surface area contributed by atoms with E-state index in [0.717, 1.165) is 16.5 Å². The molecule has 3 nitrogen and oxygen atoms in total. The van der Waals surface area contributed by atoms with Gasteiger partial charge in [0.2, 0.25) is 0 Å². The number of hydrogen-bond donors (Lipinski definition) is 0. The molecule has 0 radical (unpaired) electrons. The SMILES string of the molecule is [AlH2][N](c1ccc2c(c1)c1ccccc1n2-c1ccccc1)c1ccc2c(c1)c1ccccc1n2-c1ccccc1. The molecule has 0 fully saturated rings. The van der Waals surface area contributed by atoms with E-state index in [9.17, 15) is 0 Å². The minimum Gasteiger partial charge on any atom is -0.441 e. The summed E-state index contributed by atoms with van der Waals surface area (Å²) in [6, 6.07) is 52.6. The van der Waals surface area contributed by atoms with Crippen LogP contribution in [-0.2, 0) is 0 Å². The Morgan fingerprint density at radius 2 is 0.750 bits per heavy atom. The zero-order chi connectivity index (χ0) is 26.6. The van der Waals surface area contributed by atoms with Crippen LogP contribution in [0.1, 0.15) is 0 Å².